The van der Waals surface area contributed by atoms with Crippen molar-refractivity contribution in [2.75, 3.05) is 0 Å². The van der Waals surface area contributed by atoms with Crippen LogP contribution in [0.4, 0.5) is 0 Å². The fraction of sp³-hybridized carbons (Fsp3) is 0.154. The molecule has 0 N–H and O–H groups in total. The molecule has 0 saturated carbocycles. The number of quaternary nitrogens is 1. The first-order valence-corrected chi connectivity index (χ1v) is 7.03. The molecule has 19 heavy (non-hydrogen) atoms. The molecule has 1 heterocycles. The number of hydrogen-bond donors (Lipinski definition) is 0. The smallest absolute Gasteiger partial charge is 0.277 e. The Labute approximate surface area is 117 Å². The van der Waals surface area contributed by atoms with Crippen molar-refractivity contribution >= 4 is 26.9 Å². The zero-order valence-corrected chi connectivity index (χ0v) is 11.8. The average Bonchev–Trinajstić information content (AvgIpc) is 2.35. The summed E-state index contributed by atoms with van der Waals surface area (Å²) < 4.78 is 21.4. The molecule has 0 amide bonds. The van der Waals surface area contributed by atoms with Gasteiger partial charge in [-0.3, -0.25) is 4.65 Å². The predicted molar refractivity (Wildman–Crippen MR) is 75.6 cm³/mol. The number of hydroxylamine groups is 3. The molecular formula is C13H12ClNO3S. The first kappa shape index (κ1) is 14.0. The number of hydrogen-bond acceptors (Lipinski definition) is 3. The second-order valence-electron chi connectivity index (χ2n) is 4.36. The Balaban J connectivity index is 2.40. The predicted octanol–water partition coefficient (Wildman–Crippen LogP) is 2.64. The zero-order valence-electron chi connectivity index (χ0n) is 10.2. The van der Waals surface area contributed by atoms with Gasteiger partial charge in [0, 0.05) is 16.7 Å². The van der Waals surface area contributed by atoms with E-state index in [-0.39, 0.29) is 11.5 Å². The van der Waals surface area contributed by atoms with Crippen LogP contribution in [-0.2, 0) is 16.8 Å². The summed E-state index contributed by atoms with van der Waals surface area (Å²) in [6, 6.07) is 6.77. The first-order chi connectivity index (χ1) is 8.90. The maximum atomic E-state index is 12.6. The van der Waals surface area contributed by atoms with E-state index in [1.807, 2.05) is 0 Å². The minimum Gasteiger partial charge on any atom is -0.621 e. The summed E-state index contributed by atoms with van der Waals surface area (Å²) in [5.41, 5.74) is 1.46. The highest BCUT2D eigenvalue weighted by atomic mass is 35.5. The van der Waals surface area contributed by atoms with Crippen LogP contribution in [0.2, 0.25) is 5.02 Å². The van der Waals surface area contributed by atoms with Gasteiger partial charge in [0.25, 0.3) is 15.3 Å². The summed E-state index contributed by atoms with van der Waals surface area (Å²) in [6.45, 7) is 1.76. The molecule has 0 radical (unpaired) electrons. The Morgan fingerprint density at radius 2 is 1.89 bits per heavy atom. The van der Waals surface area contributed by atoms with Gasteiger partial charge in [0.05, 0.1) is 0 Å². The summed E-state index contributed by atoms with van der Waals surface area (Å²) in [5.74, 6) is 0. The lowest BCUT2D eigenvalue weighted by atomic mass is 10.1. The van der Waals surface area contributed by atoms with Crippen LogP contribution in [0, 0.1) is 5.21 Å². The van der Waals surface area contributed by atoms with Crippen molar-refractivity contribution in [1.29, 1.82) is 0 Å². The van der Waals surface area contributed by atoms with Gasteiger partial charge in [0.2, 0.25) is 0 Å². The maximum Gasteiger partial charge on any atom is 0.277 e. The first-order valence-electron chi connectivity index (χ1n) is 5.58. The molecule has 1 aromatic rings. The summed E-state index contributed by atoms with van der Waals surface area (Å²) in [6.07, 6.45) is 4.36. The lowest BCUT2D eigenvalue weighted by molar-refractivity contribution is -0.744. The van der Waals surface area contributed by atoms with Gasteiger partial charge in [0.15, 0.2) is 0 Å². The summed E-state index contributed by atoms with van der Waals surface area (Å²) in [7, 11) is -2.55. The van der Waals surface area contributed by atoms with E-state index in [2.05, 4.69) is 0 Å². The van der Waals surface area contributed by atoms with Gasteiger partial charge in [-0.2, -0.15) is 8.42 Å². The lowest BCUT2D eigenvalue weighted by Crippen LogP contribution is -2.42. The summed E-state index contributed by atoms with van der Waals surface area (Å²) >= 11 is 5.78. The van der Waals surface area contributed by atoms with Crippen molar-refractivity contribution in [3.8, 4) is 0 Å². The average molecular weight is 298 g/mol. The third-order valence-electron chi connectivity index (χ3n) is 2.80. The fourth-order valence-corrected chi connectivity index (χ4v) is 2.62. The molecule has 100 valence electrons. The largest absolute Gasteiger partial charge is 0.621 e. The molecule has 0 spiro atoms. The molecule has 2 rings (SSSR count). The number of rotatable bonds is 2. The summed E-state index contributed by atoms with van der Waals surface area (Å²) in [5, 5.41) is 13.2. The van der Waals surface area contributed by atoms with Crippen molar-refractivity contribution in [1.82, 2.24) is 0 Å². The van der Waals surface area contributed by atoms with E-state index < -0.39 is 14.9 Å². The molecule has 4 nitrogen and oxygen atoms in total. The topological polar surface area (TPSA) is 57.2 Å². The van der Waals surface area contributed by atoms with Crippen LogP contribution < -0.4 is 0 Å². The quantitative estimate of drug-likeness (QED) is 0.479. The van der Waals surface area contributed by atoms with Gasteiger partial charge in [-0.05, 0) is 30.7 Å². The Hall–Kier alpha value is -1.40. The van der Waals surface area contributed by atoms with E-state index in [4.69, 9.17) is 11.6 Å². The van der Waals surface area contributed by atoms with Crippen molar-refractivity contribution in [2.24, 2.45) is 0 Å². The monoisotopic (exact) mass is 297 g/mol. The van der Waals surface area contributed by atoms with E-state index >= 15 is 0 Å². The number of benzene rings is 1. The minimum atomic E-state index is -2.55. The summed E-state index contributed by atoms with van der Waals surface area (Å²) in [4.78, 5) is -0.185. The molecule has 0 saturated heterocycles. The van der Waals surface area contributed by atoms with Gasteiger partial charge in [-0.1, -0.05) is 23.7 Å². The molecule has 1 aromatic carbocycles. The standard InChI is InChI=1S/C13H12ClNO3S/c1-10-6-7-15(16,13(8-10)19(17)18)9-11-2-4-12(14)5-3-11/h2-8H,9H2,1H3. The molecule has 1 atom stereocenters. The lowest BCUT2D eigenvalue weighted by Gasteiger charge is -2.38. The molecule has 6 heteroatoms. The molecule has 0 bridgehead atoms. The van der Waals surface area contributed by atoms with E-state index in [9.17, 15) is 13.6 Å². The van der Waals surface area contributed by atoms with E-state index in [1.54, 1.807) is 37.3 Å². The Morgan fingerprint density at radius 1 is 1.26 bits per heavy atom. The fourth-order valence-electron chi connectivity index (χ4n) is 1.83. The van der Waals surface area contributed by atoms with Crippen LogP contribution >= 0.6 is 11.6 Å². The van der Waals surface area contributed by atoms with Crippen LogP contribution in [-0.4, -0.2) is 18.1 Å². The third kappa shape index (κ3) is 3.13. The van der Waals surface area contributed by atoms with Crippen LogP contribution in [0.15, 0.2) is 48.2 Å². The molecule has 0 fully saturated rings. The number of allylic oxidation sites excluding steroid dienone is 2. The van der Waals surface area contributed by atoms with Gasteiger partial charge in [0.1, 0.15) is 12.7 Å². The third-order valence-corrected chi connectivity index (χ3v) is 3.82. The normalized spacial score (nSPS) is 22.3. The number of nitrogens with zero attached hydrogens (tertiary/aromatic N) is 1. The maximum absolute atomic E-state index is 12.6. The van der Waals surface area contributed by atoms with Crippen LogP contribution in [0.5, 0.6) is 0 Å². The second-order valence-corrected chi connectivity index (χ2v) is 5.68. The Bertz CT molecular complexity index is 681. The Morgan fingerprint density at radius 3 is 2.47 bits per heavy atom. The molecular weight excluding hydrogens is 286 g/mol. The SMILES string of the molecule is CC1=CC(=S(=O)=O)[N+]([O-])(Cc2ccc(Cl)cc2)C=C1. The molecule has 1 aliphatic rings. The van der Waals surface area contributed by atoms with Gasteiger partial charge in [-0.25, -0.2) is 0 Å². The van der Waals surface area contributed by atoms with Crippen molar-refractivity contribution in [3.05, 3.63) is 64.0 Å². The second kappa shape index (κ2) is 5.30. The zero-order chi connectivity index (χ0) is 14.0. The van der Waals surface area contributed by atoms with Gasteiger partial charge >= 0.3 is 0 Å². The molecule has 0 aliphatic carbocycles. The van der Waals surface area contributed by atoms with Crippen molar-refractivity contribution in [3.63, 3.8) is 0 Å². The highest BCUT2D eigenvalue weighted by Crippen LogP contribution is 2.22. The van der Waals surface area contributed by atoms with E-state index in [0.29, 0.717) is 5.02 Å². The highest BCUT2D eigenvalue weighted by molar-refractivity contribution is 7.72. The highest BCUT2D eigenvalue weighted by Gasteiger charge is 2.26. The molecule has 1 aliphatic heterocycles. The molecule has 0 aromatic heterocycles. The Kier molecular flexibility index (Phi) is 3.91. The van der Waals surface area contributed by atoms with Crippen LogP contribution in [0.1, 0.15) is 12.5 Å². The van der Waals surface area contributed by atoms with E-state index in [0.717, 1.165) is 11.1 Å². The van der Waals surface area contributed by atoms with Crippen molar-refractivity contribution < 1.29 is 13.1 Å². The van der Waals surface area contributed by atoms with E-state index in [1.165, 1.54) is 12.3 Å². The molecule has 1 unspecified atom stereocenters. The minimum absolute atomic E-state index is 0.0146. The van der Waals surface area contributed by atoms with Gasteiger partial charge in [-0.15, -0.1) is 0 Å². The van der Waals surface area contributed by atoms with Gasteiger partial charge < -0.3 is 5.21 Å². The van der Waals surface area contributed by atoms with Crippen molar-refractivity contribution in [2.45, 2.75) is 13.5 Å². The van der Waals surface area contributed by atoms with Crippen LogP contribution in [0.3, 0.4) is 0 Å². The number of halogens is 1. The van der Waals surface area contributed by atoms with Crippen LogP contribution in [0.25, 0.3) is 0 Å².